The van der Waals surface area contributed by atoms with Crippen molar-refractivity contribution in [2.75, 3.05) is 73.9 Å². The van der Waals surface area contributed by atoms with Crippen LogP contribution in [0.4, 0.5) is 0 Å². The summed E-state index contributed by atoms with van der Waals surface area (Å²) in [7, 11) is 5.30. The standard InChI is InChI=1S/C15H33N3O3/c1-19-13-5-10-16-8-4-9-17(11-6-14-20-2)18(16)12-7-15-21-3/h4-15H2,1-3H3. The van der Waals surface area contributed by atoms with Crippen LogP contribution in [0.15, 0.2) is 0 Å². The smallest absolute Gasteiger partial charge is 0.0475 e. The fourth-order valence-electron chi connectivity index (χ4n) is 2.72. The highest BCUT2D eigenvalue weighted by molar-refractivity contribution is 4.67. The molecule has 1 saturated heterocycles. The van der Waals surface area contributed by atoms with E-state index in [1.54, 1.807) is 21.3 Å². The zero-order valence-electron chi connectivity index (χ0n) is 14.1. The Morgan fingerprint density at radius 3 is 1.52 bits per heavy atom. The molecule has 21 heavy (non-hydrogen) atoms. The Labute approximate surface area is 129 Å². The average Bonchev–Trinajstić information content (AvgIpc) is 2.50. The molecule has 0 saturated carbocycles. The Kier molecular flexibility index (Phi) is 11.0. The summed E-state index contributed by atoms with van der Waals surface area (Å²) in [4.78, 5) is 0. The van der Waals surface area contributed by atoms with E-state index in [2.05, 4.69) is 15.1 Å². The molecule has 1 fully saturated rings. The Bertz CT molecular complexity index is 226. The van der Waals surface area contributed by atoms with Crippen molar-refractivity contribution < 1.29 is 14.2 Å². The lowest BCUT2D eigenvalue weighted by atomic mass is 10.3. The van der Waals surface area contributed by atoms with Gasteiger partial charge in [0.2, 0.25) is 0 Å². The molecule has 1 aliphatic rings. The van der Waals surface area contributed by atoms with Crippen molar-refractivity contribution in [3.8, 4) is 0 Å². The SMILES string of the molecule is COCCCN1CCCN(CCCOC)N1CCCOC. The third-order valence-corrected chi connectivity index (χ3v) is 3.72. The molecule has 0 bridgehead atoms. The summed E-state index contributed by atoms with van der Waals surface area (Å²) >= 11 is 0. The molecule has 0 N–H and O–H groups in total. The van der Waals surface area contributed by atoms with E-state index < -0.39 is 0 Å². The second-order valence-electron chi connectivity index (χ2n) is 5.40. The lowest BCUT2D eigenvalue weighted by Gasteiger charge is -2.46. The molecule has 0 amide bonds. The van der Waals surface area contributed by atoms with E-state index in [0.29, 0.717) is 0 Å². The highest BCUT2D eigenvalue weighted by Crippen LogP contribution is 2.14. The number of nitrogens with zero attached hydrogens (tertiary/aromatic N) is 3. The monoisotopic (exact) mass is 303 g/mol. The number of methoxy groups -OCH3 is 3. The van der Waals surface area contributed by atoms with Gasteiger partial charge < -0.3 is 14.2 Å². The van der Waals surface area contributed by atoms with Gasteiger partial charge in [-0.1, -0.05) is 0 Å². The third kappa shape index (κ3) is 7.54. The molecule has 0 atom stereocenters. The number of hydrazine groups is 2. The van der Waals surface area contributed by atoms with Crippen LogP contribution < -0.4 is 0 Å². The topological polar surface area (TPSA) is 37.4 Å². The molecule has 126 valence electrons. The molecular weight excluding hydrogens is 270 g/mol. The van der Waals surface area contributed by atoms with E-state index in [4.69, 9.17) is 14.2 Å². The second-order valence-corrected chi connectivity index (χ2v) is 5.40. The number of hydrogen-bond donors (Lipinski definition) is 0. The molecule has 0 unspecified atom stereocenters. The first kappa shape index (κ1) is 18.8. The Hall–Kier alpha value is -0.240. The van der Waals surface area contributed by atoms with E-state index >= 15 is 0 Å². The van der Waals surface area contributed by atoms with Crippen LogP contribution in [0.25, 0.3) is 0 Å². The van der Waals surface area contributed by atoms with Gasteiger partial charge >= 0.3 is 0 Å². The summed E-state index contributed by atoms with van der Waals surface area (Å²) in [6.07, 6.45) is 4.42. The van der Waals surface area contributed by atoms with Crippen LogP contribution in [-0.2, 0) is 14.2 Å². The summed E-state index contributed by atoms with van der Waals surface area (Å²) in [5, 5.41) is 7.35. The average molecular weight is 303 g/mol. The van der Waals surface area contributed by atoms with E-state index in [0.717, 1.165) is 71.8 Å². The molecule has 0 aromatic heterocycles. The van der Waals surface area contributed by atoms with Crippen LogP contribution in [0.1, 0.15) is 25.7 Å². The van der Waals surface area contributed by atoms with Gasteiger partial charge in [-0.15, -0.1) is 0 Å². The first-order chi connectivity index (χ1) is 10.3. The van der Waals surface area contributed by atoms with Crippen LogP contribution in [0.5, 0.6) is 0 Å². The van der Waals surface area contributed by atoms with Gasteiger partial charge in [0.1, 0.15) is 0 Å². The molecule has 0 aliphatic carbocycles. The fraction of sp³-hybridized carbons (Fsp3) is 1.00. The van der Waals surface area contributed by atoms with Crippen LogP contribution >= 0.6 is 0 Å². The van der Waals surface area contributed by atoms with E-state index in [-0.39, 0.29) is 0 Å². The van der Waals surface area contributed by atoms with Crippen molar-refractivity contribution >= 4 is 0 Å². The zero-order chi connectivity index (χ0) is 15.3. The quantitative estimate of drug-likeness (QED) is 0.505. The summed E-state index contributed by atoms with van der Waals surface area (Å²) in [6, 6.07) is 0. The van der Waals surface area contributed by atoms with Crippen molar-refractivity contribution in [3.05, 3.63) is 0 Å². The molecule has 0 spiro atoms. The Balaban J connectivity index is 2.47. The first-order valence-corrected chi connectivity index (χ1v) is 8.07. The molecular formula is C15H33N3O3. The van der Waals surface area contributed by atoms with Gasteiger partial charge in [-0.05, 0) is 25.7 Å². The van der Waals surface area contributed by atoms with E-state index in [9.17, 15) is 0 Å². The number of hydrogen-bond acceptors (Lipinski definition) is 6. The van der Waals surface area contributed by atoms with Crippen molar-refractivity contribution in [1.29, 1.82) is 0 Å². The minimum absolute atomic E-state index is 0.814. The normalized spacial score (nSPS) is 18.4. The summed E-state index contributed by atoms with van der Waals surface area (Å²) in [5.41, 5.74) is 0. The predicted octanol–water partition coefficient (Wildman–Crippen LogP) is 1.24. The van der Waals surface area contributed by atoms with Crippen molar-refractivity contribution in [1.82, 2.24) is 15.1 Å². The van der Waals surface area contributed by atoms with Gasteiger partial charge in [-0.3, -0.25) is 0 Å². The minimum atomic E-state index is 0.814. The molecule has 1 aliphatic heterocycles. The molecule has 0 aromatic carbocycles. The third-order valence-electron chi connectivity index (χ3n) is 3.72. The second kappa shape index (κ2) is 12.3. The van der Waals surface area contributed by atoms with Crippen molar-refractivity contribution in [3.63, 3.8) is 0 Å². The van der Waals surface area contributed by atoms with Gasteiger partial charge in [0, 0.05) is 73.9 Å². The van der Waals surface area contributed by atoms with Gasteiger partial charge in [0.25, 0.3) is 0 Å². The van der Waals surface area contributed by atoms with Crippen LogP contribution in [0.2, 0.25) is 0 Å². The van der Waals surface area contributed by atoms with E-state index in [1.807, 2.05) is 0 Å². The largest absolute Gasteiger partial charge is 0.385 e. The summed E-state index contributed by atoms with van der Waals surface area (Å²) < 4.78 is 15.6. The van der Waals surface area contributed by atoms with Crippen molar-refractivity contribution in [2.24, 2.45) is 0 Å². The van der Waals surface area contributed by atoms with Crippen LogP contribution in [0, 0.1) is 0 Å². The Morgan fingerprint density at radius 1 is 0.667 bits per heavy atom. The molecule has 0 aromatic rings. The Morgan fingerprint density at radius 2 is 1.10 bits per heavy atom. The number of rotatable bonds is 12. The predicted molar refractivity (Wildman–Crippen MR) is 83.9 cm³/mol. The molecule has 6 heteroatoms. The first-order valence-electron chi connectivity index (χ1n) is 8.07. The van der Waals surface area contributed by atoms with E-state index in [1.165, 1.54) is 6.42 Å². The van der Waals surface area contributed by atoms with Crippen LogP contribution in [0.3, 0.4) is 0 Å². The molecule has 6 nitrogen and oxygen atoms in total. The summed E-state index contributed by atoms with van der Waals surface area (Å²) in [5.74, 6) is 0. The molecule has 0 radical (unpaired) electrons. The maximum absolute atomic E-state index is 5.20. The molecule has 1 rings (SSSR count). The molecule has 1 heterocycles. The van der Waals surface area contributed by atoms with Crippen molar-refractivity contribution in [2.45, 2.75) is 25.7 Å². The zero-order valence-corrected chi connectivity index (χ0v) is 14.1. The maximum atomic E-state index is 5.20. The van der Waals surface area contributed by atoms with Gasteiger partial charge in [-0.2, -0.15) is 5.12 Å². The van der Waals surface area contributed by atoms with Gasteiger partial charge in [0.15, 0.2) is 0 Å². The van der Waals surface area contributed by atoms with Crippen LogP contribution in [-0.4, -0.2) is 89.0 Å². The van der Waals surface area contributed by atoms with Gasteiger partial charge in [0.05, 0.1) is 0 Å². The fourth-order valence-corrected chi connectivity index (χ4v) is 2.72. The lowest BCUT2D eigenvalue weighted by molar-refractivity contribution is -0.214. The lowest BCUT2D eigenvalue weighted by Crippen LogP contribution is -2.58. The highest BCUT2D eigenvalue weighted by atomic mass is 16.5. The summed E-state index contributed by atoms with van der Waals surface area (Å²) in [6.45, 7) is 7.87. The maximum Gasteiger partial charge on any atom is 0.0475 e. The highest BCUT2D eigenvalue weighted by Gasteiger charge is 2.25. The number of ether oxygens (including phenoxy) is 3. The minimum Gasteiger partial charge on any atom is -0.385 e. The van der Waals surface area contributed by atoms with Gasteiger partial charge in [-0.25, -0.2) is 10.0 Å².